The van der Waals surface area contributed by atoms with Gasteiger partial charge in [-0.1, -0.05) is 15.9 Å². The van der Waals surface area contributed by atoms with Crippen LogP contribution in [0.4, 0.5) is 0 Å². The van der Waals surface area contributed by atoms with Gasteiger partial charge in [0.15, 0.2) is 9.84 Å². The SMILES string of the molecule is O=S1(=O)C[C@@H](O)[C@@H](NS(=O)(=O)c2ccc(Br)cc2)C1. The van der Waals surface area contributed by atoms with Crippen molar-refractivity contribution in [3.63, 3.8) is 0 Å². The molecule has 1 aliphatic rings. The fourth-order valence-electron chi connectivity index (χ4n) is 1.82. The minimum absolute atomic E-state index is 0.0206. The van der Waals surface area contributed by atoms with Crippen molar-refractivity contribution < 1.29 is 21.9 Å². The van der Waals surface area contributed by atoms with Crippen molar-refractivity contribution >= 4 is 35.8 Å². The molecule has 1 saturated heterocycles. The molecule has 1 fully saturated rings. The highest BCUT2D eigenvalue weighted by Gasteiger charge is 2.38. The van der Waals surface area contributed by atoms with Crippen LogP contribution < -0.4 is 4.72 Å². The second kappa shape index (κ2) is 5.13. The third kappa shape index (κ3) is 3.54. The minimum atomic E-state index is -3.84. The first kappa shape index (κ1) is 14.9. The molecular weight excluding hydrogens is 358 g/mol. The molecule has 1 aliphatic heterocycles. The number of nitrogens with one attached hydrogen (secondary N) is 1. The summed E-state index contributed by atoms with van der Waals surface area (Å²) in [5, 5.41) is 9.57. The van der Waals surface area contributed by atoms with E-state index in [4.69, 9.17) is 0 Å². The van der Waals surface area contributed by atoms with Gasteiger partial charge < -0.3 is 5.11 Å². The lowest BCUT2D eigenvalue weighted by Crippen LogP contribution is -2.42. The van der Waals surface area contributed by atoms with E-state index in [1.54, 1.807) is 12.1 Å². The first-order valence-corrected chi connectivity index (χ1v) is 9.46. The van der Waals surface area contributed by atoms with Crippen LogP contribution in [0.5, 0.6) is 0 Å². The van der Waals surface area contributed by atoms with Crippen LogP contribution in [-0.4, -0.2) is 45.6 Å². The number of hydrogen-bond donors (Lipinski definition) is 2. The van der Waals surface area contributed by atoms with Crippen LogP contribution in [0, 0.1) is 0 Å². The van der Waals surface area contributed by atoms with Gasteiger partial charge in [-0.15, -0.1) is 0 Å². The Balaban J connectivity index is 2.21. The lowest BCUT2D eigenvalue weighted by atomic mass is 10.2. The van der Waals surface area contributed by atoms with Crippen LogP contribution in [0.2, 0.25) is 0 Å². The quantitative estimate of drug-likeness (QED) is 0.773. The van der Waals surface area contributed by atoms with Crippen LogP contribution >= 0.6 is 15.9 Å². The van der Waals surface area contributed by atoms with E-state index in [9.17, 15) is 21.9 Å². The molecule has 0 amide bonds. The maximum atomic E-state index is 12.0. The molecule has 0 radical (unpaired) electrons. The van der Waals surface area contributed by atoms with Crippen molar-refractivity contribution in [2.45, 2.75) is 17.0 Å². The predicted octanol–water partition coefficient (Wildman–Crippen LogP) is -0.115. The van der Waals surface area contributed by atoms with Crippen molar-refractivity contribution in [3.8, 4) is 0 Å². The largest absolute Gasteiger partial charge is 0.390 e. The van der Waals surface area contributed by atoms with Crippen LogP contribution in [0.25, 0.3) is 0 Å². The van der Waals surface area contributed by atoms with Gasteiger partial charge in [0.25, 0.3) is 0 Å². The van der Waals surface area contributed by atoms with Crippen molar-refractivity contribution in [1.82, 2.24) is 4.72 Å². The zero-order valence-electron chi connectivity index (χ0n) is 9.65. The van der Waals surface area contributed by atoms with E-state index in [1.807, 2.05) is 0 Å². The predicted molar refractivity (Wildman–Crippen MR) is 72.9 cm³/mol. The van der Waals surface area contributed by atoms with Crippen LogP contribution in [0.3, 0.4) is 0 Å². The summed E-state index contributed by atoms with van der Waals surface area (Å²) in [5.74, 6) is -0.801. The molecule has 0 unspecified atom stereocenters. The number of aliphatic hydroxyl groups excluding tert-OH is 1. The Kier molecular flexibility index (Phi) is 4.03. The Labute approximate surface area is 119 Å². The third-order valence-corrected chi connectivity index (χ3v) is 6.50. The van der Waals surface area contributed by atoms with Crippen LogP contribution in [-0.2, 0) is 19.9 Å². The number of rotatable bonds is 3. The number of aliphatic hydroxyl groups is 1. The molecule has 2 rings (SSSR count). The van der Waals surface area contributed by atoms with E-state index in [0.29, 0.717) is 0 Å². The normalized spacial score (nSPS) is 26.4. The summed E-state index contributed by atoms with van der Waals surface area (Å²) < 4.78 is 49.6. The molecule has 0 aromatic heterocycles. The molecule has 0 aliphatic carbocycles. The zero-order valence-corrected chi connectivity index (χ0v) is 12.9. The standard InChI is InChI=1S/C10H12BrNO5S2/c11-7-1-3-8(4-2-7)19(16,17)12-9-5-18(14,15)6-10(9)13/h1-4,9-10,12-13H,5-6H2/t9-,10+/m0/s1. The molecule has 0 spiro atoms. The van der Waals surface area contributed by atoms with Gasteiger partial charge in [-0.05, 0) is 24.3 Å². The molecule has 0 bridgehead atoms. The van der Waals surface area contributed by atoms with Gasteiger partial charge in [0.1, 0.15) is 0 Å². The lowest BCUT2D eigenvalue weighted by molar-refractivity contribution is 0.176. The molecule has 6 nitrogen and oxygen atoms in total. The molecule has 106 valence electrons. The third-order valence-electron chi connectivity index (χ3n) is 2.75. The van der Waals surface area contributed by atoms with Crippen molar-refractivity contribution in [1.29, 1.82) is 0 Å². The topological polar surface area (TPSA) is 101 Å². The highest BCUT2D eigenvalue weighted by molar-refractivity contribution is 9.10. The fraction of sp³-hybridized carbons (Fsp3) is 0.400. The highest BCUT2D eigenvalue weighted by atomic mass is 79.9. The summed E-state index contributed by atoms with van der Waals surface area (Å²) in [6, 6.07) is 4.91. The van der Waals surface area contributed by atoms with Crippen molar-refractivity contribution in [3.05, 3.63) is 28.7 Å². The highest BCUT2D eigenvalue weighted by Crippen LogP contribution is 2.18. The van der Waals surface area contributed by atoms with Crippen molar-refractivity contribution in [2.75, 3.05) is 11.5 Å². The minimum Gasteiger partial charge on any atom is -0.390 e. The Morgan fingerprint density at radius 2 is 1.79 bits per heavy atom. The van der Waals surface area contributed by atoms with Crippen LogP contribution in [0.1, 0.15) is 0 Å². The average Bonchev–Trinajstić information content (AvgIpc) is 2.51. The monoisotopic (exact) mass is 369 g/mol. The Morgan fingerprint density at radius 1 is 1.21 bits per heavy atom. The van der Waals surface area contributed by atoms with E-state index in [1.165, 1.54) is 12.1 Å². The Hall–Kier alpha value is -0.480. The molecule has 9 heteroatoms. The van der Waals surface area contributed by atoms with Gasteiger partial charge in [0.05, 0.1) is 28.5 Å². The number of sulfone groups is 1. The molecule has 19 heavy (non-hydrogen) atoms. The maximum Gasteiger partial charge on any atom is 0.240 e. The fourth-order valence-corrected chi connectivity index (χ4v) is 5.20. The van der Waals surface area contributed by atoms with E-state index in [-0.39, 0.29) is 10.6 Å². The number of hydrogen-bond acceptors (Lipinski definition) is 5. The summed E-state index contributed by atoms with van der Waals surface area (Å²) in [5.41, 5.74) is 0. The molecule has 0 saturated carbocycles. The molecular formula is C10H12BrNO5S2. The van der Waals surface area contributed by atoms with Gasteiger partial charge in [-0.3, -0.25) is 0 Å². The second-order valence-corrected chi connectivity index (χ2v) is 9.11. The average molecular weight is 370 g/mol. The summed E-state index contributed by atoms with van der Waals surface area (Å²) in [7, 11) is -7.23. The van der Waals surface area contributed by atoms with E-state index < -0.39 is 37.8 Å². The molecule has 1 aromatic carbocycles. The summed E-state index contributed by atoms with van der Waals surface area (Å²) >= 11 is 3.19. The zero-order chi connectivity index (χ0) is 14.3. The molecule has 1 heterocycles. The summed E-state index contributed by atoms with van der Waals surface area (Å²) in [6.45, 7) is 0. The van der Waals surface area contributed by atoms with E-state index in [2.05, 4.69) is 20.7 Å². The smallest absolute Gasteiger partial charge is 0.240 e. The van der Waals surface area contributed by atoms with Gasteiger partial charge in [0, 0.05) is 4.47 Å². The number of benzene rings is 1. The molecule has 2 atom stereocenters. The van der Waals surface area contributed by atoms with E-state index in [0.717, 1.165) is 4.47 Å². The summed E-state index contributed by atoms with van der Waals surface area (Å²) in [6.07, 6.45) is -1.21. The molecule has 2 N–H and O–H groups in total. The summed E-state index contributed by atoms with van der Waals surface area (Å²) in [4.78, 5) is 0.0206. The first-order chi connectivity index (χ1) is 8.70. The van der Waals surface area contributed by atoms with Crippen molar-refractivity contribution in [2.24, 2.45) is 0 Å². The Bertz CT molecular complexity index is 668. The van der Waals surface area contributed by atoms with Gasteiger partial charge in [0.2, 0.25) is 10.0 Å². The van der Waals surface area contributed by atoms with Gasteiger partial charge in [-0.2, -0.15) is 0 Å². The first-order valence-electron chi connectivity index (χ1n) is 5.36. The number of sulfonamides is 1. The number of halogens is 1. The van der Waals surface area contributed by atoms with E-state index >= 15 is 0 Å². The maximum absolute atomic E-state index is 12.0. The molecule has 1 aromatic rings. The lowest BCUT2D eigenvalue weighted by Gasteiger charge is -2.15. The second-order valence-electron chi connectivity index (χ2n) is 4.33. The van der Waals surface area contributed by atoms with Gasteiger partial charge >= 0.3 is 0 Å². The van der Waals surface area contributed by atoms with Crippen LogP contribution in [0.15, 0.2) is 33.6 Å². The Morgan fingerprint density at radius 3 is 2.26 bits per heavy atom. The van der Waals surface area contributed by atoms with Gasteiger partial charge in [-0.25, -0.2) is 21.6 Å².